The van der Waals surface area contributed by atoms with E-state index in [1.165, 1.54) is 6.92 Å². The molecule has 1 aliphatic heterocycles. The number of hydrogen-bond acceptors (Lipinski definition) is 5. The molecular weight excluding hydrogens is 434 g/mol. The van der Waals surface area contributed by atoms with Crippen molar-refractivity contribution in [3.8, 4) is 5.75 Å². The van der Waals surface area contributed by atoms with E-state index >= 15 is 0 Å². The maximum absolute atomic E-state index is 13.4. The van der Waals surface area contributed by atoms with E-state index in [-0.39, 0.29) is 42.4 Å². The van der Waals surface area contributed by atoms with Gasteiger partial charge in [-0.2, -0.15) is 0 Å². The molecule has 0 spiro atoms. The smallest absolute Gasteiger partial charge is 0.257 e. The van der Waals surface area contributed by atoms with Gasteiger partial charge in [-0.05, 0) is 31.2 Å². The fourth-order valence-corrected chi connectivity index (χ4v) is 4.08. The van der Waals surface area contributed by atoms with Crippen LogP contribution in [-0.2, 0) is 9.53 Å². The molecule has 8 heteroatoms. The zero-order chi connectivity index (χ0) is 24.8. The number of carbonyl (C=O) groups excluding carboxylic acids is 3. The summed E-state index contributed by atoms with van der Waals surface area (Å²) in [4.78, 5) is 41.6. The van der Waals surface area contributed by atoms with Crippen LogP contribution < -0.4 is 10.1 Å². The van der Waals surface area contributed by atoms with Gasteiger partial charge in [-0.1, -0.05) is 25.1 Å². The minimum absolute atomic E-state index is 0.0311. The van der Waals surface area contributed by atoms with Crippen molar-refractivity contribution in [2.45, 2.75) is 32.9 Å². The molecule has 0 aliphatic carbocycles. The molecule has 34 heavy (non-hydrogen) atoms. The lowest BCUT2D eigenvalue weighted by Gasteiger charge is -2.36. The molecule has 0 saturated heterocycles. The zero-order valence-electron chi connectivity index (χ0n) is 20.4. The molecule has 3 rings (SSSR count). The van der Waals surface area contributed by atoms with E-state index in [2.05, 4.69) is 5.32 Å². The topological polar surface area (TPSA) is 88.2 Å². The SMILES string of the molecule is CO[C@@H]1CN(C)C(=O)c2ccc(NC(C)=O)cc2OC[C@@H](C)N(C(=O)c2ccccc2)C[C@@H]1C. The van der Waals surface area contributed by atoms with Gasteiger partial charge in [0.15, 0.2) is 0 Å². The average Bonchev–Trinajstić information content (AvgIpc) is 2.82. The number of methoxy groups -OCH3 is 1. The molecule has 0 saturated carbocycles. The van der Waals surface area contributed by atoms with E-state index in [1.807, 2.05) is 32.0 Å². The van der Waals surface area contributed by atoms with Crippen LogP contribution in [0.15, 0.2) is 48.5 Å². The summed E-state index contributed by atoms with van der Waals surface area (Å²) in [6, 6.07) is 13.8. The molecule has 0 radical (unpaired) electrons. The summed E-state index contributed by atoms with van der Waals surface area (Å²) in [5.41, 5.74) is 1.51. The Labute approximate surface area is 200 Å². The summed E-state index contributed by atoms with van der Waals surface area (Å²) in [7, 11) is 3.34. The van der Waals surface area contributed by atoms with Gasteiger partial charge in [-0.25, -0.2) is 0 Å². The van der Waals surface area contributed by atoms with Gasteiger partial charge in [0.2, 0.25) is 5.91 Å². The molecule has 0 bridgehead atoms. The second-order valence-corrected chi connectivity index (χ2v) is 8.81. The lowest BCUT2D eigenvalue weighted by atomic mass is 10.0. The fraction of sp³-hybridized carbons (Fsp3) is 0.423. The quantitative estimate of drug-likeness (QED) is 0.748. The molecule has 3 amide bonds. The predicted molar refractivity (Wildman–Crippen MR) is 130 cm³/mol. The highest BCUT2D eigenvalue weighted by atomic mass is 16.5. The standard InChI is InChI=1S/C26H33N3O5/c1-17-14-29(25(31)20-9-7-6-8-10-20)18(2)16-34-23-13-21(27-19(3)30)11-12-22(23)26(32)28(4)15-24(17)33-5/h6-13,17-18,24H,14-16H2,1-5H3,(H,27,30)/t17-,18+,24+/m0/s1. The maximum Gasteiger partial charge on any atom is 0.257 e. The normalized spacial score (nSPS) is 21.6. The first-order valence-corrected chi connectivity index (χ1v) is 11.4. The average molecular weight is 468 g/mol. The van der Waals surface area contributed by atoms with Crippen LogP contribution in [0.3, 0.4) is 0 Å². The maximum atomic E-state index is 13.4. The van der Waals surface area contributed by atoms with Crippen LogP contribution in [0.2, 0.25) is 0 Å². The molecule has 2 aromatic rings. The van der Waals surface area contributed by atoms with E-state index in [4.69, 9.17) is 9.47 Å². The zero-order valence-corrected chi connectivity index (χ0v) is 20.4. The molecule has 1 aliphatic rings. The number of ether oxygens (including phenoxy) is 2. The number of likely N-dealkylation sites (N-methyl/N-ethyl adjacent to an activating group) is 1. The van der Waals surface area contributed by atoms with Gasteiger partial charge in [-0.15, -0.1) is 0 Å². The molecule has 3 atom stereocenters. The lowest BCUT2D eigenvalue weighted by molar-refractivity contribution is -0.114. The van der Waals surface area contributed by atoms with Crippen LogP contribution in [0, 0.1) is 5.92 Å². The molecule has 182 valence electrons. The Morgan fingerprint density at radius 3 is 2.44 bits per heavy atom. The van der Waals surface area contributed by atoms with Crippen LogP contribution >= 0.6 is 0 Å². The van der Waals surface area contributed by atoms with Gasteiger partial charge in [0.05, 0.1) is 17.7 Å². The number of carbonyl (C=O) groups is 3. The number of nitrogens with zero attached hydrogens (tertiary/aromatic N) is 2. The van der Waals surface area contributed by atoms with Gasteiger partial charge < -0.3 is 24.6 Å². The van der Waals surface area contributed by atoms with E-state index < -0.39 is 0 Å². The second kappa shape index (κ2) is 11.2. The first kappa shape index (κ1) is 25.2. The highest BCUT2D eigenvalue weighted by molar-refractivity contribution is 5.98. The summed E-state index contributed by atoms with van der Waals surface area (Å²) in [6.07, 6.45) is -0.269. The van der Waals surface area contributed by atoms with Gasteiger partial charge >= 0.3 is 0 Å². The van der Waals surface area contributed by atoms with Crippen molar-refractivity contribution in [1.29, 1.82) is 0 Å². The minimum Gasteiger partial charge on any atom is -0.491 e. The van der Waals surface area contributed by atoms with Crippen molar-refractivity contribution in [3.05, 3.63) is 59.7 Å². The molecule has 0 unspecified atom stereocenters. The van der Waals surface area contributed by atoms with Crippen molar-refractivity contribution in [2.24, 2.45) is 5.92 Å². The third-order valence-corrected chi connectivity index (χ3v) is 6.05. The highest BCUT2D eigenvalue weighted by Crippen LogP contribution is 2.27. The van der Waals surface area contributed by atoms with Gasteiger partial charge in [0, 0.05) is 57.4 Å². The van der Waals surface area contributed by atoms with Crippen LogP contribution in [-0.4, -0.2) is 73.5 Å². The van der Waals surface area contributed by atoms with Crippen molar-refractivity contribution < 1.29 is 23.9 Å². The Bertz CT molecular complexity index is 1030. The van der Waals surface area contributed by atoms with E-state index in [1.54, 1.807) is 54.3 Å². The molecule has 1 N–H and O–H groups in total. The molecular formula is C26H33N3O5. The Hall–Kier alpha value is -3.39. The Balaban J connectivity index is 2.00. The molecule has 0 fully saturated rings. The van der Waals surface area contributed by atoms with Gasteiger partial charge in [0.1, 0.15) is 12.4 Å². The molecule has 0 aromatic heterocycles. The number of amides is 3. The summed E-state index contributed by atoms with van der Waals surface area (Å²) in [5, 5.41) is 2.72. The Morgan fingerprint density at radius 2 is 1.79 bits per heavy atom. The minimum atomic E-state index is -0.280. The third kappa shape index (κ3) is 5.94. The number of fused-ring (bicyclic) bond motifs is 1. The van der Waals surface area contributed by atoms with Crippen LogP contribution in [0.5, 0.6) is 5.75 Å². The number of hydrogen-bond donors (Lipinski definition) is 1. The Kier molecular flexibility index (Phi) is 8.28. The predicted octanol–water partition coefficient (Wildman–Crippen LogP) is 3.29. The number of rotatable bonds is 3. The van der Waals surface area contributed by atoms with Crippen molar-refractivity contribution in [1.82, 2.24) is 9.80 Å². The monoisotopic (exact) mass is 467 g/mol. The molecule has 2 aromatic carbocycles. The molecule has 8 nitrogen and oxygen atoms in total. The van der Waals surface area contributed by atoms with Crippen molar-refractivity contribution >= 4 is 23.4 Å². The van der Waals surface area contributed by atoms with Crippen LogP contribution in [0.4, 0.5) is 5.69 Å². The van der Waals surface area contributed by atoms with Crippen molar-refractivity contribution in [3.63, 3.8) is 0 Å². The molecule has 1 heterocycles. The largest absolute Gasteiger partial charge is 0.491 e. The van der Waals surface area contributed by atoms with E-state index in [0.717, 1.165) is 0 Å². The third-order valence-electron chi connectivity index (χ3n) is 6.05. The lowest BCUT2D eigenvalue weighted by Crippen LogP contribution is -2.48. The summed E-state index contributed by atoms with van der Waals surface area (Å²) in [5.74, 6) is -0.196. The fourth-order valence-electron chi connectivity index (χ4n) is 4.08. The first-order valence-electron chi connectivity index (χ1n) is 11.4. The number of nitrogens with one attached hydrogen (secondary N) is 1. The summed E-state index contributed by atoms with van der Waals surface area (Å²) >= 11 is 0. The second-order valence-electron chi connectivity index (χ2n) is 8.81. The Morgan fingerprint density at radius 1 is 1.09 bits per heavy atom. The van der Waals surface area contributed by atoms with Gasteiger partial charge in [0.25, 0.3) is 11.8 Å². The number of benzene rings is 2. The van der Waals surface area contributed by atoms with E-state index in [0.29, 0.717) is 35.7 Å². The van der Waals surface area contributed by atoms with E-state index in [9.17, 15) is 14.4 Å². The number of anilines is 1. The summed E-state index contributed by atoms with van der Waals surface area (Å²) in [6.45, 7) is 6.33. The van der Waals surface area contributed by atoms with Crippen LogP contribution in [0.1, 0.15) is 41.5 Å². The first-order chi connectivity index (χ1) is 16.2. The van der Waals surface area contributed by atoms with Crippen LogP contribution in [0.25, 0.3) is 0 Å². The highest BCUT2D eigenvalue weighted by Gasteiger charge is 2.30. The summed E-state index contributed by atoms with van der Waals surface area (Å²) < 4.78 is 11.8. The van der Waals surface area contributed by atoms with Crippen molar-refractivity contribution in [2.75, 3.05) is 39.2 Å². The van der Waals surface area contributed by atoms with Gasteiger partial charge in [-0.3, -0.25) is 14.4 Å².